The molecule has 1 rings (SSSR count). The van der Waals surface area contributed by atoms with Crippen LogP contribution in [0, 0.1) is 0 Å². The number of ether oxygens (including phenoxy) is 1. The highest BCUT2D eigenvalue weighted by molar-refractivity contribution is 5.53. The lowest BCUT2D eigenvalue weighted by molar-refractivity contribution is 0.416. The highest BCUT2D eigenvalue weighted by Crippen LogP contribution is 2.20. The molecule has 0 saturated carbocycles. The van der Waals surface area contributed by atoms with E-state index in [9.17, 15) is 0 Å². The molecule has 0 spiro atoms. The Kier molecular flexibility index (Phi) is 2.72. The number of methoxy groups -OCH3 is 1. The maximum atomic E-state index is 5.10. The van der Waals surface area contributed by atoms with Gasteiger partial charge in [0.05, 0.1) is 19.0 Å². The molecular weight excluding hydrogens is 140 g/mol. The summed E-state index contributed by atoms with van der Waals surface area (Å²) < 4.78 is 5.10. The smallest absolute Gasteiger partial charge is 0.145 e. The number of hydrogen-bond donors (Lipinski definition) is 1. The average Bonchev–Trinajstić information content (AvgIpc) is 2.06. The summed E-state index contributed by atoms with van der Waals surface area (Å²) in [5.41, 5.74) is 0.942. The minimum absolute atomic E-state index is 0.835. The zero-order chi connectivity index (χ0) is 8.10. The Morgan fingerprint density at radius 1 is 1.64 bits per heavy atom. The average molecular weight is 152 g/mol. The molecule has 0 saturated heterocycles. The number of hydrogen-bond acceptors (Lipinski definition) is 3. The summed E-state index contributed by atoms with van der Waals surface area (Å²) in [5, 5.41) is 3.14. The molecule has 0 atom stereocenters. The fraction of sp³-hybridized carbons (Fsp3) is 0.375. The Labute approximate surface area is 66.4 Å². The van der Waals surface area contributed by atoms with Gasteiger partial charge >= 0.3 is 0 Å². The van der Waals surface area contributed by atoms with Crippen LogP contribution in [0.2, 0.25) is 0 Å². The van der Waals surface area contributed by atoms with Crippen LogP contribution in [0.3, 0.4) is 0 Å². The van der Waals surface area contributed by atoms with Gasteiger partial charge in [-0.2, -0.15) is 0 Å². The molecule has 0 aromatic carbocycles. The van der Waals surface area contributed by atoms with Crippen LogP contribution in [0.25, 0.3) is 0 Å². The summed E-state index contributed by atoms with van der Waals surface area (Å²) in [4.78, 5) is 3.97. The minimum atomic E-state index is 0.835. The first-order valence-electron chi connectivity index (χ1n) is 3.60. The van der Waals surface area contributed by atoms with Gasteiger partial charge in [0, 0.05) is 18.8 Å². The molecule has 1 heterocycles. The van der Waals surface area contributed by atoms with E-state index in [1.165, 1.54) is 0 Å². The van der Waals surface area contributed by atoms with Gasteiger partial charge in [-0.05, 0) is 6.92 Å². The molecule has 0 amide bonds. The highest BCUT2D eigenvalue weighted by atomic mass is 16.5. The van der Waals surface area contributed by atoms with E-state index in [2.05, 4.69) is 10.3 Å². The van der Waals surface area contributed by atoms with Crippen molar-refractivity contribution in [2.45, 2.75) is 6.92 Å². The van der Waals surface area contributed by atoms with Crippen LogP contribution in [0.1, 0.15) is 6.92 Å². The first kappa shape index (κ1) is 7.85. The number of pyridine rings is 1. The monoisotopic (exact) mass is 152 g/mol. The molecule has 0 aliphatic heterocycles. The maximum absolute atomic E-state index is 5.10. The first-order chi connectivity index (χ1) is 5.38. The van der Waals surface area contributed by atoms with Crippen LogP contribution in [-0.2, 0) is 0 Å². The molecular formula is C8H12N2O. The van der Waals surface area contributed by atoms with Gasteiger partial charge in [0.25, 0.3) is 0 Å². The summed E-state index contributed by atoms with van der Waals surface area (Å²) in [6, 6.07) is 1.83. The molecule has 0 unspecified atom stereocenters. The standard InChI is InChI=1S/C8H12N2O/c1-3-10-7-6-9-5-4-8(7)11-2/h4-6,10H,3H2,1-2H3. The van der Waals surface area contributed by atoms with Crippen molar-refractivity contribution in [2.75, 3.05) is 19.0 Å². The van der Waals surface area contributed by atoms with E-state index >= 15 is 0 Å². The lowest BCUT2D eigenvalue weighted by Crippen LogP contribution is -1.99. The molecule has 0 bridgehead atoms. The van der Waals surface area contributed by atoms with Crippen molar-refractivity contribution >= 4 is 5.69 Å². The van der Waals surface area contributed by atoms with E-state index in [1.807, 2.05) is 13.0 Å². The predicted octanol–water partition coefficient (Wildman–Crippen LogP) is 1.52. The lowest BCUT2D eigenvalue weighted by Gasteiger charge is -2.07. The third-order valence-corrected chi connectivity index (χ3v) is 1.37. The summed E-state index contributed by atoms with van der Waals surface area (Å²) >= 11 is 0. The molecule has 0 aliphatic carbocycles. The van der Waals surface area contributed by atoms with Crippen LogP contribution >= 0.6 is 0 Å². The van der Waals surface area contributed by atoms with Crippen LogP contribution in [-0.4, -0.2) is 18.6 Å². The predicted molar refractivity (Wildman–Crippen MR) is 45.0 cm³/mol. The van der Waals surface area contributed by atoms with Crippen molar-refractivity contribution in [3.63, 3.8) is 0 Å². The highest BCUT2D eigenvalue weighted by Gasteiger charge is 1.97. The largest absolute Gasteiger partial charge is 0.494 e. The molecule has 60 valence electrons. The maximum Gasteiger partial charge on any atom is 0.145 e. The third-order valence-electron chi connectivity index (χ3n) is 1.37. The second kappa shape index (κ2) is 3.81. The Morgan fingerprint density at radius 3 is 3.09 bits per heavy atom. The van der Waals surface area contributed by atoms with Crippen LogP contribution < -0.4 is 10.1 Å². The van der Waals surface area contributed by atoms with Gasteiger partial charge in [0.2, 0.25) is 0 Å². The summed E-state index contributed by atoms with van der Waals surface area (Å²) in [7, 11) is 1.65. The summed E-state index contributed by atoms with van der Waals surface area (Å²) in [5.74, 6) is 0.835. The molecule has 0 radical (unpaired) electrons. The van der Waals surface area contributed by atoms with E-state index in [4.69, 9.17) is 4.74 Å². The fourth-order valence-corrected chi connectivity index (χ4v) is 0.883. The molecule has 11 heavy (non-hydrogen) atoms. The van der Waals surface area contributed by atoms with E-state index < -0.39 is 0 Å². The van der Waals surface area contributed by atoms with Gasteiger partial charge in [-0.15, -0.1) is 0 Å². The molecule has 1 aromatic rings. The molecule has 3 nitrogen and oxygen atoms in total. The van der Waals surface area contributed by atoms with Crippen molar-refractivity contribution in [3.8, 4) is 5.75 Å². The molecule has 1 N–H and O–H groups in total. The van der Waals surface area contributed by atoms with Crippen molar-refractivity contribution in [2.24, 2.45) is 0 Å². The molecule has 0 fully saturated rings. The summed E-state index contributed by atoms with van der Waals surface area (Å²) in [6.07, 6.45) is 3.46. The molecule has 1 aromatic heterocycles. The number of aromatic nitrogens is 1. The Morgan fingerprint density at radius 2 is 2.45 bits per heavy atom. The Balaban J connectivity index is 2.83. The number of nitrogens with one attached hydrogen (secondary N) is 1. The summed E-state index contributed by atoms with van der Waals surface area (Å²) in [6.45, 7) is 2.91. The van der Waals surface area contributed by atoms with E-state index in [0.717, 1.165) is 18.0 Å². The van der Waals surface area contributed by atoms with Crippen LogP contribution in [0.5, 0.6) is 5.75 Å². The van der Waals surface area contributed by atoms with Crippen LogP contribution in [0.4, 0.5) is 5.69 Å². The van der Waals surface area contributed by atoms with Gasteiger partial charge < -0.3 is 10.1 Å². The van der Waals surface area contributed by atoms with Crippen molar-refractivity contribution < 1.29 is 4.74 Å². The zero-order valence-electron chi connectivity index (χ0n) is 6.79. The zero-order valence-corrected chi connectivity index (χ0v) is 6.79. The van der Waals surface area contributed by atoms with Gasteiger partial charge in [-0.1, -0.05) is 0 Å². The van der Waals surface area contributed by atoms with Gasteiger partial charge in [0.15, 0.2) is 0 Å². The van der Waals surface area contributed by atoms with Gasteiger partial charge in [-0.25, -0.2) is 0 Å². The molecule has 0 aliphatic rings. The minimum Gasteiger partial charge on any atom is -0.494 e. The van der Waals surface area contributed by atoms with Crippen molar-refractivity contribution in [3.05, 3.63) is 18.5 Å². The fourth-order valence-electron chi connectivity index (χ4n) is 0.883. The van der Waals surface area contributed by atoms with E-state index in [-0.39, 0.29) is 0 Å². The Bertz CT molecular complexity index is 225. The Hall–Kier alpha value is -1.25. The number of anilines is 1. The number of rotatable bonds is 3. The van der Waals surface area contributed by atoms with Gasteiger partial charge in [-0.3, -0.25) is 4.98 Å². The topological polar surface area (TPSA) is 34.2 Å². The van der Waals surface area contributed by atoms with Crippen molar-refractivity contribution in [1.82, 2.24) is 4.98 Å². The number of nitrogens with zero attached hydrogens (tertiary/aromatic N) is 1. The second-order valence-corrected chi connectivity index (χ2v) is 2.11. The van der Waals surface area contributed by atoms with E-state index in [0.29, 0.717) is 0 Å². The third kappa shape index (κ3) is 1.83. The van der Waals surface area contributed by atoms with E-state index in [1.54, 1.807) is 19.5 Å². The van der Waals surface area contributed by atoms with Gasteiger partial charge in [0.1, 0.15) is 5.75 Å². The second-order valence-electron chi connectivity index (χ2n) is 2.11. The van der Waals surface area contributed by atoms with Crippen LogP contribution in [0.15, 0.2) is 18.5 Å². The SMILES string of the molecule is CCNc1cnccc1OC. The first-order valence-corrected chi connectivity index (χ1v) is 3.60. The molecule has 3 heteroatoms. The van der Waals surface area contributed by atoms with Crippen molar-refractivity contribution in [1.29, 1.82) is 0 Å². The quantitative estimate of drug-likeness (QED) is 0.713. The normalized spacial score (nSPS) is 9.27. The lowest BCUT2D eigenvalue weighted by atomic mass is 10.4.